The van der Waals surface area contributed by atoms with Crippen LogP contribution >= 0.6 is 11.3 Å². The van der Waals surface area contributed by atoms with Crippen LogP contribution in [-0.4, -0.2) is 39.9 Å². The Labute approximate surface area is 171 Å². The Kier molecular flexibility index (Phi) is 5.24. The van der Waals surface area contributed by atoms with Crippen molar-refractivity contribution in [1.29, 1.82) is 0 Å². The van der Waals surface area contributed by atoms with Crippen molar-refractivity contribution in [3.63, 3.8) is 0 Å². The van der Waals surface area contributed by atoms with Gasteiger partial charge in [0.2, 0.25) is 5.88 Å². The first kappa shape index (κ1) is 19.0. The van der Waals surface area contributed by atoms with E-state index in [0.29, 0.717) is 27.1 Å². The van der Waals surface area contributed by atoms with Gasteiger partial charge in [-0.1, -0.05) is 0 Å². The van der Waals surface area contributed by atoms with E-state index in [2.05, 4.69) is 20.4 Å². The zero-order chi connectivity index (χ0) is 20.4. The van der Waals surface area contributed by atoms with Crippen molar-refractivity contribution < 1.29 is 14.3 Å². The molecule has 0 spiro atoms. The van der Waals surface area contributed by atoms with Gasteiger partial charge in [0.05, 0.1) is 23.1 Å². The Morgan fingerprint density at radius 1 is 1.21 bits per heavy atom. The molecule has 0 atom stereocenters. The van der Waals surface area contributed by atoms with Gasteiger partial charge in [0, 0.05) is 25.2 Å². The number of rotatable bonds is 6. The van der Waals surface area contributed by atoms with E-state index in [0.717, 1.165) is 16.6 Å². The van der Waals surface area contributed by atoms with Gasteiger partial charge in [0.15, 0.2) is 5.82 Å². The van der Waals surface area contributed by atoms with Gasteiger partial charge in [-0.05, 0) is 42.8 Å². The highest BCUT2D eigenvalue weighted by atomic mass is 32.1. The fourth-order valence-electron chi connectivity index (χ4n) is 3.01. The van der Waals surface area contributed by atoms with Crippen LogP contribution in [0.2, 0.25) is 0 Å². The molecule has 0 unspecified atom stereocenters. The third kappa shape index (κ3) is 3.69. The minimum absolute atomic E-state index is 0.201. The first-order valence-corrected chi connectivity index (χ1v) is 9.66. The van der Waals surface area contributed by atoms with Crippen molar-refractivity contribution in [3.05, 3.63) is 59.0 Å². The van der Waals surface area contributed by atoms with Crippen molar-refractivity contribution in [2.75, 3.05) is 19.5 Å². The molecule has 1 N–H and O–H groups in total. The first-order chi connectivity index (χ1) is 14.1. The second-order valence-electron chi connectivity index (χ2n) is 6.27. The SMILES string of the molecule is COCc1nc(OC)c2c(C)c(C(=O)Nc3ccc(-n4cccn4)cc3)sc2n1. The Bertz CT molecular complexity index is 1150. The number of aromatic nitrogens is 4. The predicted octanol–water partition coefficient (Wildman–Crippen LogP) is 3.59. The van der Waals surface area contributed by atoms with E-state index >= 15 is 0 Å². The number of ether oxygens (including phenoxy) is 2. The number of fused-ring (bicyclic) bond motifs is 1. The van der Waals surface area contributed by atoms with Crippen LogP contribution in [0.15, 0.2) is 42.7 Å². The van der Waals surface area contributed by atoms with Crippen LogP contribution in [0.1, 0.15) is 21.1 Å². The van der Waals surface area contributed by atoms with Crippen LogP contribution in [0.25, 0.3) is 15.9 Å². The lowest BCUT2D eigenvalue weighted by Crippen LogP contribution is -2.11. The number of benzene rings is 1. The van der Waals surface area contributed by atoms with Crippen molar-refractivity contribution >= 4 is 33.1 Å². The normalized spacial score (nSPS) is 11.0. The quantitative estimate of drug-likeness (QED) is 0.523. The molecule has 0 fully saturated rings. The monoisotopic (exact) mass is 409 g/mol. The number of nitrogens with one attached hydrogen (secondary N) is 1. The van der Waals surface area contributed by atoms with E-state index in [1.54, 1.807) is 25.1 Å². The third-order valence-corrected chi connectivity index (χ3v) is 5.55. The molecular formula is C20H19N5O3S. The highest BCUT2D eigenvalue weighted by molar-refractivity contribution is 7.20. The number of hydrogen-bond acceptors (Lipinski definition) is 7. The number of nitrogens with zero attached hydrogens (tertiary/aromatic N) is 4. The maximum absolute atomic E-state index is 12.9. The topological polar surface area (TPSA) is 91.2 Å². The molecule has 0 radical (unpaired) electrons. The number of anilines is 1. The highest BCUT2D eigenvalue weighted by Gasteiger charge is 2.21. The van der Waals surface area contributed by atoms with Crippen molar-refractivity contribution in [2.24, 2.45) is 0 Å². The minimum Gasteiger partial charge on any atom is -0.480 e. The Hall–Kier alpha value is -3.30. The molecule has 4 aromatic rings. The summed E-state index contributed by atoms with van der Waals surface area (Å²) in [5.74, 6) is 0.755. The lowest BCUT2D eigenvalue weighted by atomic mass is 10.2. The van der Waals surface area contributed by atoms with Gasteiger partial charge in [-0.15, -0.1) is 11.3 Å². The number of aryl methyl sites for hydroxylation is 1. The summed E-state index contributed by atoms with van der Waals surface area (Å²) in [7, 11) is 3.13. The van der Waals surface area contributed by atoms with Crippen LogP contribution in [0, 0.1) is 6.92 Å². The van der Waals surface area contributed by atoms with Gasteiger partial charge in [-0.2, -0.15) is 10.1 Å². The van der Waals surface area contributed by atoms with Gasteiger partial charge in [0.1, 0.15) is 11.4 Å². The molecule has 0 aliphatic carbocycles. The highest BCUT2D eigenvalue weighted by Crippen LogP contribution is 2.35. The van der Waals surface area contributed by atoms with Gasteiger partial charge < -0.3 is 14.8 Å². The number of carbonyl (C=O) groups excluding carboxylic acids is 1. The molecule has 4 rings (SSSR count). The summed E-state index contributed by atoms with van der Waals surface area (Å²) >= 11 is 1.31. The third-order valence-electron chi connectivity index (χ3n) is 4.37. The summed E-state index contributed by atoms with van der Waals surface area (Å²) in [5, 5.41) is 7.88. The molecule has 3 heterocycles. The van der Waals surface area contributed by atoms with Gasteiger partial charge >= 0.3 is 0 Å². The molecule has 8 nitrogen and oxygen atoms in total. The lowest BCUT2D eigenvalue weighted by Gasteiger charge is -2.07. The molecular weight excluding hydrogens is 390 g/mol. The number of thiophene rings is 1. The molecule has 0 saturated heterocycles. The minimum atomic E-state index is -0.201. The molecule has 29 heavy (non-hydrogen) atoms. The summed E-state index contributed by atoms with van der Waals surface area (Å²) in [6.07, 6.45) is 3.58. The molecule has 0 aliphatic rings. The van der Waals surface area contributed by atoms with Crippen molar-refractivity contribution in [1.82, 2.24) is 19.7 Å². The van der Waals surface area contributed by atoms with E-state index in [-0.39, 0.29) is 12.5 Å². The maximum Gasteiger partial charge on any atom is 0.266 e. The second kappa shape index (κ2) is 7.98. The van der Waals surface area contributed by atoms with Gasteiger partial charge in [-0.25, -0.2) is 9.67 Å². The summed E-state index contributed by atoms with van der Waals surface area (Å²) in [5.41, 5.74) is 2.40. The number of carbonyl (C=O) groups is 1. The predicted molar refractivity (Wildman–Crippen MR) is 111 cm³/mol. The zero-order valence-electron chi connectivity index (χ0n) is 16.2. The molecule has 0 aliphatic heterocycles. The standard InChI is InChI=1S/C20H19N5O3S/c1-12-16-19(28-3)23-15(11-27-2)24-20(16)29-17(12)18(26)22-13-5-7-14(8-6-13)25-10-4-9-21-25/h4-10H,11H2,1-3H3,(H,22,26). The Balaban J connectivity index is 1.62. The summed E-state index contributed by atoms with van der Waals surface area (Å²) in [6, 6.07) is 9.33. The maximum atomic E-state index is 12.9. The van der Waals surface area contributed by atoms with Crippen LogP contribution in [0.4, 0.5) is 5.69 Å². The van der Waals surface area contributed by atoms with Crippen LogP contribution in [0.5, 0.6) is 5.88 Å². The van der Waals surface area contributed by atoms with Gasteiger partial charge in [0.25, 0.3) is 5.91 Å². The Morgan fingerprint density at radius 2 is 2.00 bits per heavy atom. The van der Waals surface area contributed by atoms with E-state index in [9.17, 15) is 4.79 Å². The molecule has 3 aromatic heterocycles. The fourth-order valence-corrected chi connectivity index (χ4v) is 4.09. The van der Waals surface area contributed by atoms with Crippen LogP contribution in [-0.2, 0) is 11.3 Å². The number of methoxy groups -OCH3 is 2. The van der Waals surface area contributed by atoms with Gasteiger partial charge in [-0.3, -0.25) is 4.79 Å². The molecule has 1 aromatic carbocycles. The summed E-state index contributed by atoms with van der Waals surface area (Å²) in [6.45, 7) is 2.14. The lowest BCUT2D eigenvalue weighted by molar-refractivity contribution is 0.103. The molecule has 0 saturated carbocycles. The molecule has 148 valence electrons. The molecule has 9 heteroatoms. The second-order valence-corrected chi connectivity index (χ2v) is 7.27. The largest absolute Gasteiger partial charge is 0.480 e. The zero-order valence-corrected chi connectivity index (χ0v) is 17.0. The average molecular weight is 409 g/mol. The summed E-state index contributed by atoms with van der Waals surface area (Å²) < 4.78 is 12.3. The number of amides is 1. The van der Waals surface area contributed by atoms with E-state index < -0.39 is 0 Å². The molecule has 0 bridgehead atoms. The number of hydrogen-bond donors (Lipinski definition) is 1. The van der Waals surface area contributed by atoms with E-state index in [1.807, 2.05) is 43.5 Å². The van der Waals surface area contributed by atoms with Crippen LogP contribution < -0.4 is 10.1 Å². The fraction of sp³-hybridized carbons (Fsp3) is 0.200. The van der Waals surface area contributed by atoms with E-state index in [4.69, 9.17) is 9.47 Å². The van der Waals surface area contributed by atoms with Crippen LogP contribution in [0.3, 0.4) is 0 Å². The Morgan fingerprint density at radius 3 is 2.66 bits per heavy atom. The first-order valence-electron chi connectivity index (χ1n) is 8.85. The average Bonchev–Trinajstić information content (AvgIpc) is 3.37. The van der Waals surface area contributed by atoms with Crippen molar-refractivity contribution in [2.45, 2.75) is 13.5 Å². The van der Waals surface area contributed by atoms with Crippen molar-refractivity contribution in [3.8, 4) is 11.6 Å². The smallest absolute Gasteiger partial charge is 0.266 e. The van der Waals surface area contributed by atoms with E-state index in [1.165, 1.54) is 11.3 Å². The molecule has 1 amide bonds. The summed E-state index contributed by atoms with van der Waals surface area (Å²) in [4.78, 5) is 23.0.